The fraction of sp³-hybridized carbons (Fsp3) is 0.125. The van der Waals surface area contributed by atoms with Crippen LogP contribution in [0.25, 0.3) is 11.4 Å². The third kappa shape index (κ3) is 3.14. The van der Waals surface area contributed by atoms with Gasteiger partial charge in [-0.05, 0) is 47.2 Å². The minimum atomic E-state index is -0.296. The molecule has 3 rings (SSSR count). The zero-order chi connectivity index (χ0) is 14.8. The number of aromatic amines is 1. The molecule has 5 heteroatoms. The Morgan fingerprint density at radius 1 is 1.05 bits per heavy atom. The zero-order valence-corrected chi connectivity index (χ0v) is 13.7. The molecule has 1 heterocycles. The maximum Gasteiger partial charge on any atom is 0.181 e. The van der Waals surface area contributed by atoms with E-state index in [1.807, 2.05) is 48.5 Å². The highest BCUT2D eigenvalue weighted by molar-refractivity contribution is 14.1. The first-order valence-electron chi connectivity index (χ1n) is 6.64. The summed E-state index contributed by atoms with van der Waals surface area (Å²) < 4.78 is 1.18. The number of H-pyrrole nitrogens is 1. The van der Waals surface area contributed by atoms with E-state index in [0.717, 1.165) is 11.1 Å². The SMILES string of the molecule is Cc1ccc([C@H](N)c2nc(-c3ccc(I)cc3)n[nH]2)cc1. The van der Waals surface area contributed by atoms with Gasteiger partial charge in [0.15, 0.2) is 5.82 Å². The van der Waals surface area contributed by atoms with Crippen LogP contribution in [-0.2, 0) is 0 Å². The molecule has 0 aliphatic carbocycles. The van der Waals surface area contributed by atoms with Gasteiger partial charge in [-0.1, -0.05) is 42.0 Å². The highest BCUT2D eigenvalue weighted by Gasteiger charge is 2.14. The predicted molar refractivity (Wildman–Crippen MR) is 91.7 cm³/mol. The smallest absolute Gasteiger partial charge is 0.181 e. The van der Waals surface area contributed by atoms with Gasteiger partial charge in [0.2, 0.25) is 0 Å². The number of hydrogen-bond donors (Lipinski definition) is 2. The Morgan fingerprint density at radius 3 is 2.38 bits per heavy atom. The normalized spacial score (nSPS) is 12.3. The molecule has 0 amide bonds. The topological polar surface area (TPSA) is 67.6 Å². The zero-order valence-electron chi connectivity index (χ0n) is 11.5. The van der Waals surface area contributed by atoms with E-state index >= 15 is 0 Å². The van der Waals surface area contributed by atoms with Crippen LogP contribution < -0.4 is 5.73 Å². The molecule has 0 radical (unpaired) electrons. The Labute approximate surface area is 136 Å². The number of hydrogen-bond acceptors (Lipinski definition) is 3. The van der Waals surface area contributed by atoms with Gasteiger partial charge in [-0.25, -0.2) is 4.98 Å². The number of benzene rings is 2. The molecular weight excluding hydrogens is 375 g/mol. The van der Waals surface area contributed by atoms with E-state index < -0.39 is 0 Å². The standard InChI is InChI=1S/C16H15IN4/c1-10-2-4-11(5-3-10)14(18)16-19-15(20-21-16)12-6-8-13(17)9-7-12/h2-9,14H,18H2,1H3,(H,19,20,21)/t14-/m0/s1. The lowest BCUT2D eigenvalue weighted by Crippen LogP contribution is -2.13. The van der Waals surface area contributed by atoms with Gasteiger partial charge in [0.25, 0.3) is 0 Å². The van der Waals surface area contributed by atoms with Gasteiger partial charge in [0.1, 0.15) is 5.82 Å². The predicted octanol–water partition coefficient (Wildman–Crippen LogP) is 3.43. The van der Waals surface area contributed by atoms with Crippen LogP contribution in [-0.4, -0.2) is 15.2 Å². The van der Waals surface area contributed by atoms with Gasteiger partial charge in [0, 0.05) is 9.13 Å². The lowest BCUT2D eigenvalue weighted by atomic mass is 10.1. The molecule has 3 N–H and O–H groups in total. The number of nitrogens with two attached hydrogens (primary N) is 1. The van der Waals surface area contributed by atoms with Gasteiger partial charge in [-0.15, -0.1) is 0 Å². The second-order valence-corrected chi connectivity index (χ2v) is 6.19. The first-order valence-corrected chi connectivity index (χ1v) is 7.72. The molecule has 21 heavy (non-hydrogen) atoms. The van der Waals surface area contributed by atoms with Gasteiger partial charge in [-0.2, -0.15) is 5.10 Å². The van der Waals surface area contributed by atoms with Crippen molar-refractivity contribution in [2.24, 2.45) is 5.73 Å². The molecule has 0 unspecified atom stereocenters. The molecule has 3 aromatic rings. The number of nitrogens with one attached hydrogen (secondary N) is 1. The molecule has 0 saturated carbocycles. The van der Waals surface area contributed by atoms with Crippen LogP contribution in [0.2, 0.25) is 0 Å². The summed E-state index contributed by atoms with van der Waals surface area (Å²) in [4.78, 5) is 4.51. The fourth-order valence-electron chi connectivity index (χ4n) is 2.07. The van der Waals surface area contributed by atoms with Crippen LogP contribution in [0.4, 0.5) is 0 Å². The van der Waals surface area contributed by atoms with Crippen molar-refractivity contribution in [1.82, 2.24) is 15.2 Å². The molecule has 2 aromatic carbocycles. The van der Waals surface area contributed by atoms with Crippen LogP contribution in [0, 0.1) is 10.5 Å². The van der Waals surface area contributed by atoms with E-state index in [9.17, 15) is 0 Å². The van der Waals surface area contributed by atoms with Crippen molar-refractivity contribution in [2.45, 2.75) is 13.0 Å². The Balaban J connectivity index is 1.87. The second kappa shape index (κ2) is 5.95. The average Bonchev–Trinajstić information content (AvgIpc) is 2.98. The van der Waals surface area contributed by atoms with Crippen molar-refractivity contribution in [3.63, 3.8) is 0 Å². The first kappa shape index (κ1) is 14.2. The number of rotatable bonds is 3. The van der Waals surface area contributed by atoms with Crippen molar-refractivity contribution < 1.29 is 0 Å². The Hall–Kier alpha value is -1.73. The quantitative estimate of drug-likeness (QED) is 0.674. The van der Waals surface area contributed by atoms with Crippen LogP contribution in [0.5, 0.6) is 0 Å². The summed E-state index contributed by atoms with van der Waals surface area (Å²) in [5.41, 5.74) is 9.46. The molecule has 106 valence electrons. The summed E-state index contributed by atoms with van der Waals surface area (Å²) in [7, 11) is 0. The highest BCUT2D eigenvalue weighted by Crippen LogP contribution is 2.21. The largest absolute Gasteiger partial charge is 0.318 e. The van der Waals surface area contributed by atoms with E-state index in [4.69, 9.17) is 5.73 Å². The van der Waals surface area contributed by atoms with E-state index in [0.29, 0.717) is 11.6 Å². The van der Waals surface area contributed by atoms with Gasteiger partial charge < -0.3 is 5.73 Å². The van der Waals surface area contributed by atoms with E-state index in [1.54, 1.807) is 0 Å². The number of aryl methyl sites for hydroxylation is 1. The maximum atomic E-state index is 6.25. The lowest BCUT2D eigenvalue weighted by Gasteiger charge is -2.08. The summed E-state index contributed by atoms with van der Waals surface area (Å²) >= 11 is 2.27. The third-order valence-corrected chi connectivity index (χ3v) is 4.06. The molecule has 0 aliphatic rings. The molecule has 0 fully saturated rings. The van der Waals surface area contributed by atoms with E-state index in [-0.39, 0.29) is 6.04 Å². The minimum Gasteiger partial charge on any atom is -0.318 e. The van der Waals surface area contributed by atoms with Crippen molar-refractivity contribution in [3.8, 4) is 11.4 Å². The Kier molecular flexibility index (Phi) is 4.03. The van der Waals surface area contributed by atoms with Crippen molar-refractivity contribution in [1.29, 1.82) is 0 Å². The Bertz CT molecular complexity index is 732. The van der Waals surface area contributed by atoms with Gasteiger partial charge >= 0.3 is 0 Å². The molecule has 1 aromatic heterocycles. The molecule has 0 aliphatic heterocycles. The molecule has 0 saturated heterocycles. The van der Waals surface area contributed by atoms with Crippen molar-refractivity contribution >= 4 is 22.6 Å². The molecule has 0 bridgehead atoms. The summed E-state index contributed by atoms with van der Waals surface area (Å²) in [5.74, 6) is 1.34. The maximum absolute atomic E-state index is 6.25. The summed E-state index contributed by atoms with van der Waals surface area (Å²) in [6.45, 7) is 2.05. The first-order chi connectivity index (χ1) is 10.1. The van der Waals surface area contributed by atoms with E-state index in [1.165, 1.54) is 9.13 Å². The molecule has 0 spiro atoms. The lowest BCUT2D eigenvalue weighted by molar-refractivity contribution is 0.787. The number of aromatic nitrogens is 3. The Morgan fingerprint density at radius 2 is 1.71 bits per heavy atom. The summed E-state index contributed by atoms with van der Waals surface area (Å²) in [6.07, 6.45) is 0. The summed E-state index contributed by atoms with van der Waals surface area (Å²) in [5, 5.41) is 7.21. The monoisotopic (exact) mass is 390 g/mol. The van der Waals surface area contributed by atoms with Gasteiger partial charge in [0.05, 0.1) is 6.04 Å². The highest BCUT2D eigenvalue weighted by atomic mass is 127. The van der Waals surface area contributed by atoms with E-state index in [2.05, 4.69) is 44.7 Å². The van der Waals surface area contributed by atoms with Crippen LogP contribution in [0.1, 0.15) is 23.0 Å². The average molecular weight is 390 g/mol. The van der Waals surface area contributed by atoms with Gasteiger partial charge in [-0.3, -0.25) is 5.10 Å². The van der Waals surface area contributed by atoms with Crippen LogP contribution >= 0.6 is 22.6 Å². The third-order valence-electron chi connectivity index (χ3n) is 3.34. The van der Waals surface area contributed by atoms with Crippen molar-refractivity contribution in [2.75, 3.05) is 0 Å². The van der Waals surface area contributed by atoms with Crippen LogP contribution in [0.15, 0.2) is 48.5 Å². The second-order valence-electron chi connectivity index (χ2n) is 4.94. The molecule has 1 atom stereocenters. The summed E-state index contributed by atoms with van der Waals surface area (Å²) in [6, 6.07) is 15.9. The molecule has 4 nitrogen and oxygen atoms in total. The van der Waals surface area contributed by atoms with Crippen LogP contribution in [0.3, 0.4) is 0 Å². The van der Waals surface area contributed by atoms with Crippen molar-refractivity contribution in [3.05, 3.63) is 69.1 Å². The number of halogens is 1. The number of nitrogens with zero attached hydrogens (tertiary/aromatic N) is 2. The molecular formula is C16H15IN4. The minimum absolute atomic E-state index is 0.296. The fourth-order valence-corrected chi connectivity index (χ4v) is 2.43.